The fraction of sp³-hybridized carbons (Fsp3) is 0.174. The molecule has 0 saturated carbocycles. The molecule has 2 heterocycles. The second kappa shape index (κ2) is 8.35. The number of carbonyl (C=O) groups excluding carboxylic acids is 1. The summed E-state index contributed by atoms with van der Waals surface area (Å²) in [4.78, 5) is 41.4. The molecule has 1 N–H and O–H groups in total. The third-order valence-electron chi connectivity index (χ3n) is 5.32. The number of rotatable bonds is 5. The Kier molecular flexibility index (Phi) is 5.58. The van der Waals surface area contributed by atoms with Gasteiger partial charge >= 0.3 is 0 Å². The summed E-state index contributed by atoms with van der Waals surface area (Å²) in [5.41, 5.74) is 4.21. The molecule has 9 heteroatoms. The minimum absolute atomic E-state index is 0.0824. The Morgan fingerprint density at radius 3 is 2.66 bits per heavy atom. The lowest BCUT2D eigenvalue weighted by molar-refractivity contribution is -0.384. The molecule has 4 rings (SSSR count). The van der Waals surface area contributed by atoms with Crippen LogP contribution in [-0.4, -0.2) is 20.4 Å². The van der Waals surface area contributed by atoms with Crippen LogP contribution in [0.2, 0.25) is 0 Å². The van der Waals surface area contributed by atoms with Crippen molar-refractivity contribution >= 4 is 38.8 Å². The van der Waals surface area contributed by atoms with Crippen molar-refractivity contribution in [3.05, 3.63) is 85.3 Å². The fourth-order valence-corrected chi connectivity index (χ4v) is 4.35. The Hall–Kier alpha value is -3.85. The van der Waals surface area contributed by atoms with Crippen LogP contribution in [0, 0.1) is 30.9 Å². The van der Waals surface area contributed by atoms with E-state index in [0.29, 0.717) is 15.8 Å². The Morgan fingerprint density at radius 1 is 1.16 bits per heavy atom. The van der Waals surface area contributed by atoms with Gasteiger partial charge in [0.1, 0.15) is 17.1 Å². The molecular weight excluding hydrogens is 428 g/mol. The average molecular weight is 449 g/mol. The van der Waals surface area contributed by atoms with Crippen molar-refractivity contribution in [1.82, 2.24) is 9.55 Å². The standard InChI is InChI=1S/C23H20N4O4S/c1-13-4-7-18(19(8-13)27(30)31)25-20(28)10-26-12-24-22-21(23(26)29)17(11-32-22)16-6-5-14(2)15(3)9-16/h4-9,11-12H,10H2,1-3H3,(H,25,28). The summed E-state index contributed by atoms with van der Waals surface area (Å²) in [7, 11) is 0. The van der Waals surface area contributed by atoms with Crippen LogP contribution in [0.15, 0.2) is 52.9 Å². The first-order chi connectivity index (χ1) is 15.2. The number of hydrogen-bond acceptors (Lipinski definition) is 6. The fourth-order valence-electron chi connectivity index (χ4n) is 3.44. The van der Waals surface area contributed by atoms with E-state index in [9.17, 15) is 19.7 Å². The molecule has 0 saturated heterocycles. The van der Waals surface area contributed by atoms with E-state index in [2.05, 4.69) is 10.3 Å². The largest absolute Gasteiger partial charge is 0.319 e. The topological polar surface area (TPSA) is 107 Å². The molecule has 0 aliphatic heterocycles. The first-order valence-corrected chi connectivity index (χ1v) is 10.7. The van der Waals surface area contributed by atoms with Crippen molar-refractivity contribution in [2.75, 3.05) is 5.32 Å². The number of anilines is 1. The van der Waals surface area contributed by atoms with Crippen molar-refractivity contribution in [3.8, 4) is 11.1 Å². The Bertz CT molecular complexity index is 1440. The minimum Gasteiger partial charge on any atom is -0.319 e. The summed E-state index contributed by atoms with van der Waals surface area (Å²) in [6.45, 7) is 5.46. The lowest BCUT2D eigenvalue weighted by Gasteiger charge is -2.09. The third-order valence-corrected chi connectivity index (χ3v) is 6.20. The van der Waals surface area contributed by atoms with E-state index in [-0.39, 0.29) is 23.5 Å². The number of hydrogen-bond donors (Lipinski definition) is 1. The maximum absolute atomic E-state index is 13.2. The van der Waals surface area contributed by atoms with Crippen LogP contribution >= 0.6 is 11.3 Å². The van der Waals surface area contributed by atoms with Crippen molar-refractivity contribution < 1.29 is 9.72 Å². The van der Waals surface area contributed by atoms with Crippen LogP contribution in [0.3, 0.4) is 0 Å². The highest BCUT2D eigenvalue weighted by molar-refractivity contribution is 7.17. The molecule has 0 aliphatic rings. The Morgan fingerprint density at radius 2 is 1.94 bits per heavy atom. The van der Waals surface area contributed by atoms with Gasteiger partial charge < -0.3 is 5.32 Å². The highest BCUT2D eigenvalue weighted by Crippen LogP contribution is 2.31. The van der Waals surface area contributed by atoms with Crippen LogP contribution in [0.1, 0.15) is 16.7 Å². The summed E-state index contributed by atoms with van der Waals surface area (Å²) in [5, 5.41) is 16.2. The number of amides is 1. The number of carbonyl (C=O) groups is 1. The van der Waals surface area contributed by atoms with E-state index in [4.69, 9.17) is 0 Å². The summed E-state index contributed by atoms with van der Waals surface area (Å²) >= 11 is 1.37. The number of benzene rings is 2. The Balaban J connectivity index is 1.67. The molecule has 0 unspecified atom stereocenters. The number of aromatic nitrogens is 2. The number of aryl methyl sites for hydroxylation is 3. The third kappa shape index (κ3) is 4.02. The molecular formula is C23H20N4O4S. The highest BCUT2D eigenvalue weighted by Gasteiger charge is 2.18. The predicted molar refractivity (Wildman–Crippen MR) is 125 cm³/mol. The smallest absolute Gasteiger partial charge is 0.293 e. The zero-order valence-electron chi connectivity index (χ0n) is 17.7. The number of fused-ring (bicyclic) bond motifs is 1. The van der Waals surface area contributed by atoms with E-state index in [1.807, 2.05) is 37.4 Å². The van der Waals surface area contributed by atoms with Gasteiger partial charge in [-0.25, -0.2) is 4.98 Å². The SMILES string of the molecule is Cc1ccc(NC(=O)Cn2cnc3scc(-c4ccc(C)c(C)c4)c3c2=O)c([N+](=O)[O-])c1. The van der Waals surface area contributed by atoms with Crippen LogP contribution in [-0.2, 0) is 11.3 Å². The van der Waals surface area contributed by atoms with Gasteiger partial charge in [-0.05, 0) is 49.1 Å². The molecule has 162 valence electrons. The Labute approximate surface area is 187 Å². The number of nitro groups is 1. The van der Waals surface area contributed by atoms with E-state index < -0.39 is 10.8 Å². The molecule has 1 amide bonds. The van der Waals surface area contributed by atoms with E-state index in [1.165, 1.54) is 34.4 Å². The van der Waals surface area contributed by atoms with E-state index >= 15 is 0 Å². The van der Waals surface area contributed by atoms with Gasteiger partial charge in [-0.3, -0.25) is 24.3 Å². The summed E-state index contributed by atoms with van der Waals surface area (Å²) in [6.07, 6.45) is 1.33. The summed E-state index contributed by atoms with van der Waals surface area (Å²) < 4.78 is 1.22. The monoisotopic (exact) mass is 448 g/mol. The first kappa shape index (κ1) is 21.4. The molecule has 32 heavy (non-hydrogen) atoms. The molecule has 2 aromatic heterocycles. The van der Waals surface area contributed by atoms with Gasteiger partial charge in [-0.2, -0.15) is 0 Å². The second-order valence-corrected chi connectivity index (χ2v) is 8.49. The quantitative estimate of drug-likeness (QED) is 0.355. The number of nitrogens with one attached hydrogen (secondary N) is 1. The molecule has 0 fully saturated rings. The predicted octanol–water partition coefficient (Wildman–Crippen LogP) is 4.60. The van der Waals surface area contributed by atoms with Gasteiger partial charge in [0.15, 0.2) is 0 Å². The van der Waals surface area contributed by atoms with Gasteiger partial charge in [0, 0.05) is 17.0 Å². The van der Waals surface area contributed by atoms with Crippen molar-refractivity contribution in [2.45, 2.75) is 27.3 Å². The summed E-state index contributed by atoms with van der Waals surface area (Å²) in [5.74, 6) is -0.553. The zero-order chi connectivity index (χ0) is 23.0. The van der Waals surface area contributed by atoms with Crippen LogP contribution < -0.4 is 10.9 Å². The first-order valence-electron chi connectivity index (χ1n) is 9.83. The molecule has 0 radical (unpaired) electrons. The van der Waals surface area contributed by atoms with Gasteiger partial charge in [0.25, 0.3) is 11.2 Å². The van der Waals surface area contributed by atoms with E-state index in [1.54, 1.807) is 13.0 Å². The highest BCUT2D eigenvalue weighted by atomic mass is 32.1. The van der Waals surface area contributed by atoms with Gasteiger partial charge in [0.2, 0.25) is 5.91 Å². The molecule has 0 aliphatic carbocycles. The maximum atomic E-state index is 13.2. The molecule has 0 bridgehead atoms. The molecule has 0 atom stereocenters. The molecule has 8 nitrogen and oxygen atoms in total. The normalized spacial score (nSPS) is 11.0. The summed E-state index contributed by atoms with van der Waals surface area (Å²) in [6, 6.07) is 10.5. The van der Waals surface area contributed by atoms with Gasteiger partial charge in [-0.15, -0.1) is 11.3 Å². The van der Waals surface area contributed by atoms with Crippen molar-refractivity contribution in [2.24, 2.45) is 0 Å². The zero-order valence-corrected chi connectivity index (χ0v) is 18.5. The maximum Gasteiger partial charge on any atom is 0.293 e. The molecule has 2 aromatic carbocycles. The van der Waals surface area contributed by atoms with Crippen molar-refractivity contribution in [3.63, 3.8) is 0 Å². The number of thiophene rings is 1. The van der Waals surface area contributed by atoms with Crippen LogP contribution in [0.4, 0.5) is 11.4 Å². The van der Waals surface area contributed by atoms with Crippen LogP contribution in [0.25, 0.3) is 21.3 Å². The number of nitro benzene ring substituents is 1. The minimum atomic E-state index is -0.553. The average Bonchev–Trinajstić information content (AvgIpc) is 3.18. The molecule has 4 aromatic rings. The second-order valence-electron chi connectivity index (χ2n) is 7.63. The van der Waals surface area contributed by atoms with E-state index in [0.717, 1.165) is 22.3 Å². The van der Waals surface area contributed by atoms with Crippen molar-refractivity contribution in [1.29, 1.82) is 0 Å². The lowest BCUT2D eigenvalue weighted by atomic mass is 10.0. The lowest BCUT2D eigenvalue weighted by Crippen LogP contribution is -2.28. The molecule has 0 spiro atoms. The van der Waals surface area contributed by atoms with Gasteiger partial charge in [0.05, 0.1) is 16.6 Å². The van der Waals surface area contributed by atoms with Crippen LogP contribution in [0.5, 0.6) is 0 Å². The van der Waals surface area contributed by atoms with Gasteiger partial charge in [-0.1, -0.05) is 24.3 Å². The number of nitrogens with zero attached hydrogens (tertiary/aromatic N) is 3.